The fourth-order valence-electron chi connectivity index (χ4n) is 1.91. The molecule has 0 saturated heterocycles. The third kappa shape index (κ3) is 3.60. The largest absolute Gasteiger partial charge is 0.476 e. The number of carbonyl (C=O) groups excluding carboxylic acids is 1. The van der Waals surface area contributed by atoms with Crippen molar-refractivity contribution >= 4 is 11.6 Å². The highest BCUT2D eigenvalue weighted by Crippen LogP contribution is 2.25. The van der Waals surface area contributed by atoms with Gasteiger partial charge in [0, 0.05) is 31.8 Å². The Hall–Kier alpha value is -2.89. The first-order valence-electron chi connectivity index (χ1n) is 6.66. The molecule has 0 aliphatic rings. The molecule has 0 aliphatic heterocycles. The molecular weight excluding hydrogens is 284 g/mol. The summed E-state index contributed by atoms with van der Waals surface area (Å²) in [5, 5.41) is 10.7. The van der Waals surface area contributed by atoms with Crippen LogP contribution >= 0.6 is 0 Å². The van der Waals surface area contributed by atoms with Crippen molar-refractivity contribution < 1.29 is 14.5 Å². The monoisotopic (exact) mass is 300 g/mol. The lowest BCUT2D eigenvalue weighted by Crippen LogP contribution is -2.31. The second-order valence-corrected chi connectivity index (χ2v) is 4.89. The van der Waals surface area contributed by atoms with Crippen LogP contribution in [-0.2, 0) is 4.79 Å². The topological polar surface area (TPSA) is 72.7 Å². The SMILES string of the molecule is CN(C)C(=O)[C@@H](Oc1ccc([N+](=O)[O-])cc1)c1ccccc1. The molecule has 2 rings (SSSR count). The molecule has 0 aliphatic carbocycles. The normalized spacial score (nSPS) is 11.5. The fraction of sp³-hybridized carbons (Fsp3) is 0.188. The van der Waals surface area contributed by atoms with Gasteiger partial charge < -0.3 is 9.64 Å². The molecule has 0 bridgehead atoms. The van der Waals surface area contributed by atoms with Gasteiger partial charge in [-0.2, -0.15) is 0 Å². The van der Waals surface area contributed by atoms with Gasteiger partial charge in [0.25, 0.3) is 11.6 Å². The number of carbonyl (C=O) groups is 1. The van der Waals surface area contributed by atoms with Crippen LogP contribution in [0.15, 0.2) is 54.6 Å². The van der Waals surface area contributed by atoms with Crippen LogP contribution in [0.5, 0.6) is 5.75 Å². The number of rotatable bonds is 5. The summed E-state index contributed by atoms with van der Waals surface area (Å²) in [5.74, 6) is 0.194. The number of nitro groups is 1. The number of non-ortho nitro benzene ring substituents is 1. The van der Waals surface area contributed by atoms with E-state index in [-0.39, 0.29) is 11.6 Å². The quantitative estimate of drug-likeness (QED) is 0.628. The number of nitrogens with zero attached hydrogens (tertiary/aromatic N) is 2. The molecule has 0 N–H and O–H groups in total. The minimum Gasteiger partial charge on any atom is -0.476 e. The van der Waals surface area contributed by atoms with Crippen molar-refractivity contribution in [2.75, 3.05) is 14.1 Å². The van der Waals surface area contributed by atoms with Crippen molar-refractivity contribution in [3.8, 4) is 5.75 Å². The third-order valence-electron chi connectivity index (χ3n) is 3.07. The minimum atomic E-state index is -0.794. The zero-order valence-electron chi connectivity index (χ0n) is 12.3. The van der Waals surface area contributed by atoms with Crippen LogP contribution in [0, 0.1) is 10.1 Å². The second kappa shape index (κ2) is 6.71. The lowest BCUT2D eigenvalue weighted by molar-refractivity contribution is -0.384. The average Bonchev–Trinajstić information content (AvgIpc) is 2.53. The number of amides is 1. The van der Waals surface area contributed by atoms with E-state index in [0.29, 0.717) is 5.75 Å². The number of hydrogen-bond donors (Lipinski definition) is 0. The Kier molecular flexibility index (Phi) is 4.73. The van der Waals surface area contributed by atoms with Gasteiger partial charge in [-0.15, -0.1) is 0 Å². The Morgan fingerprint density at radius 3 is 2.18 bits per heavy atom. The van der Waals surface area contributed by atoms with E-state index >= 15 is 0 Å². The summed E-state index contributed by atoms with van der Waals surface area (Å²) in [6.07, 6.45) is -0.794. The van der Waals surface area contributed by atoms with Crippen molar-refractivity contribution in [1.82, 2.24) is 4.90 Å². The van der Waals surface area contributed by atoms with Gasteiger partial charge in [-0.3, -0.25) is 14.9 Å². The summed E-state index contributed by atoms with van der Waals surface area (Å²) in [5.41, 5.74) is 0.696. The molecular formula is C16H16N2O4. The van der Waals surface area contributed by atoms with E-state index in [1.54, 1.807) is 26.2 Å². The van der Waals surface area contributed by atoms with Gasteiger partial charge in [0.05, 0.1) is 4.92 Å². The Labute approximate surface area is 128 Å². The highest BCUT2D eigenvalue weighted by atomic mass is 16.6. The summed E-state index contributed by atoms with van der Waals surface area (Å²) in [7, 11) is 3.30. The molecule has 22 heavy (non-hydrogen) atoms. The first-order chi connectivity index (χ1) is 10.5. The molecule has 114 valence electrons. The highest BCUT2D eigenvalue weighted by molar-refractivity contribution is 5.82. The lowest BCUT2D eigenvalue weighted by Gasteiger charge is -2.22. The van der Waals surface area contributed by atoms with E-state index in [2.05, 4.69) is 0 Å². The lowest BCUT2D eigenvalue weighted by atomic mass is 10.1. The maximum Gasteiger partial charge on any atom is 0.269 e. The van der Waals surface area contributed by atoms with Crippen LogP contribution in [0.2, 0.25) is 0 Å². The van der Waals surface area contributed by atoms with Gasteiger partial charge in [-0.25, -0.2) is 0 Å². The Bertz CT molecular complexity index is 654. The Morgan fingerprint density at radius 2 is 1.68 bits per heavy atom. The molecule has 0 heterocycles. The van der Waals surface area contributed by atoms with E-state index in [9.17, 15) is 14.9 Å². The zero-order valence-corrected chi connectivity index (χ0v) is 12.3. The van der Waals surface area contributed by atoms with Crippen LogP contribution in [0.4, 0.5) is 5.69 Å². The summed E-state index contributed by atoms with van der Waals surface area (Å²) in [6.45, 7) is 0. The van der Waals surface area contributed by atoms with Crippen LogP contribution < -0.4 is 4.74 Å². The first kappa shape index (κ1) is 15.5. The summed E-state index contributed by atoms with van der Waals surface area (Å²) >= 11 is 0. The molecule has 2 aromatic rings. The minimum absolute atomic E-state index is 0.0254. The van der Waals surface area contributed by atoms with Crippen molar-refractivity contribution in [3.63, 3.8) is 0 Å². The van der Waals surface area contributed by atoms with Crippen LogP contribution in [-0.4, -0.2) is 29.8 Å². The van der Waals surface area contributed by atoms with Crippen molar-refractivity contribution in [2.24, 2.45) is 0 Å². The van der Waals surface area contributed by atoms with E-state index in [0.717, 1.165) is 5.56 Å². The van der Waals surface area contributed by atoms with Crippen molar-refractivity contribution in [3.05, 3.63) is 70.3 Å². The average molecular weight is 300 g/mol. The van der Waals surface area contributed by atoms with E-state index in [1.807, 2.05) is 18.2 Å². The summed E-state index contributed by atoms with van der Waals surface area (Å²) < 4.78 is 5.74. The number of nitro benzene ring substituents is 1. The van der Waals surface area contributed by atoms with E-state index < -0.39 is 11.0 Å². The standard InChI is InChI=1S/C16H16N2O4/c1-17(2)16(19)15(12-6-4-3-5-7-12)22-14-10-8-13(9-11-14)18(20)21/h3-11,15H,1-2H3/t15-/m0/s1. The third-order valence-corrected chi connectivity index (χ3v) is 3.07. The molecule has 1 atom stereocenters. The Morgan fingerprint density at radius 1 is 1.09 bits per heavy atom. The predicted octanol–water partition coefficient (Wildman–Crippen LogP) is 2.80. The fourth-order valence-corrected chi connectivity index (χ4v) is 1.91. The number of benzene rings is 2. The van der Waals surface area contributed by atoms with Crippen LogP contribution in [0.3, 0.4) is 0 Å². The van der Waals surface area contributed by atoms with Crippen molar-refractivity contribution in [2.45, 2.75) is 6.10 Å². The van der Waals surface area contributed by atoms with Crippen molar-refractivity contribution in [1.29, 1.82) is 0 Å². The maximum absolute atomic E-state index is 12.3. The molecule has 0 spiro atoms. The van der Waals surface area contributed by atoms with E-state index in [4.69, 9.17) is 4.74 Å². The van der Waals surface area contributed by atoms with Crippen LogP contribution in [0.1, 0.15) is 11.7 Å². The van der Waals surface area contributed by atoms with Crippen LogP contribution in [0.25, 0.3) is 0 Å². The molecule has 2 aromatic carbocycles. The smallest absolute Gasteiger partial charge is 0.269 e. The molecule has 6 heteroatoms. The molecule has 0 unspecified atom stereocenters. The van der Waals surface area contributed by atoms with Gasteiger partial charge in [0.15, 0.2) is 0 Å². The molecule has 0 radical (unpaired) electrons. The molecule has 0 fully saturated rings. The second-order valence-electron chi connectivity index (χ2n) is 4.89. The van der Waals surface area contributed by atoms with Gasteiger partial charge >= 0.3 is 0 Å². The molecule has 1 amide bonds. The summed E-state index contributed by atoms with van der Waals surface area (Å²) in [6, 6.07) is 14.8. The van der Waals surface area contributed by atoms with Gasteiger partial charge in [-0.05, 0) is 12.1 Å². The zero-order chi connectivity index (χ0) is 16.1. The number of ether oxygens (including phenoxy) is 1. The maximum atomic E-state index is 12.3. The molecule has 6 nitrogen and oxygen atoms in total. The molecule has 0 aromatic heterocycles. The van der Waals surface area contributed by atoms with Gasteiger partial charge in [-0.1, -0.05) is 30.3 Å². The highest BCUT2D eigenvalue weighted by Gasteiger charge is 2.24. The predicted molar refractivity (Wildman–Crippen MR) is 81.6 cm³/mol. The number of hydrogen-bond acceptors (Lipinski definition) is 4. The van der Waals surface area contributed by atoms with Gasteiger partial charge in [0.2, 0.25) is 6.10 Å². The molecule has 0 saturated carbocycles. The Balaban J connectivity index is 2.27. The number of likely N-dealkylation sites (N-methyl/N-ethyl adjacent to an activating group) is 1. The first-order valence-corrected chi connectivity index (χ1v) is 6.66. The van der Waals surface area contributed by atoms with E-state index in [1.165, 1.54) is 29.2 Å². The van der Waals surface area contributed by atoms with Gasteiger partial charge in [0.1, 0.15) is 5.75 Å². The summed E-state index contributed by atoms with van der Waals surface area (Å²) in [4.78, 5) is 23.9.